The van der Waals surface area contributed by atoms with E-state index in [2.05, 4.69) is 5.32 Å². The molecule has 1 atom stereocenters. The SMILES string of the molecule is NS(=O)(=O)c1ccc(F)c(C(=O)NCC2OCCc3ccccc32)c1. The lowest BCUT2D eigenvalue weighted by atomic mass is 9.97. The van der Waals surface area contributed by atoms with Gasteiger partial charge in [-0.25, -0.2) is 17.9 Å². The molecule has 8 heteroatoms. The predicted octanol–water partition coefficient (Wildman–Crippen LogP) is 1.52. The molecule has 6 nitrogen and oxygen atoms in total. The molecular weight excluding hydrogens is 347 g/mol. The van der Waals surface area contributed by atoms with Crippen molar-refractivity contribution in [1.82, 2.24) is 5.32 Å². The van der Waals surface area contributed by atoms with Crippen molar-refractivity contribution in [2.75, 3.05) is 13.2 Å². The Bertz CT molecular complexity index is 915. The van der Waals surface area contributed by atoms with Gasteiger partial charge in [-0.3, -0.25) is 4.79 Å². The molecule has 0 saturated carbocycles. The average Bonchev–Trinajstić information content (AvgIpc) is 2.59. The first-order valence-electron chi connectivity index (χ1n) is 7.66. The van der Waals surface area contributed by atoms with Crippen LogP contribution in [0.4, 0.5) is 4.39 Å². The Morgan fingerprint density at radius 2 is 2.04 bits per heavy atom. The third kappa shape index (κ3) is 3.87. The van der Waals surface area contributed by atoms with Gasteiger partial charge in [0.15, 0.2) is 0 Å². The van der Waals surface area contributed by atoms with Crippen molar-refractivity contribution in [1.29, 1.82) is 0 Å². The zero-order chi connectivity index (χ0) is 18.0. The summed E-state index contributed by atoms with van der Waals surface area (Å²) in [5.74, 6) is -1.55. The Labute approximate surface area is 144 Å². The lowest BCUT2D eigenvalue weighted by Gasteiger charge is -2.26. The lowest BCUT2D eigenvalue weighted by Crippen LogP contribution is -2.32. The van der Waals surface area contributed by atoms with E-state index in [1.165, 1.54) is 0 Å². The van der Waals surface area contributed by atoms with Crippen LogP contribution in [0.15, 0.2) is 47.4 Å². The van der Waals surface area contributed by atoms with Crippen molar-refractivity contribution in [2.24, 2.45) is 5.14 Å². The first kappa shape index (κ1) is 17.5. The second kappa shape index (κ2) is 6.91. The first-order chi connectivity index (χ1) is 11.9. The zero-order valence-corrected chi connectivity index (χ0v) is 14.1. The van der Waals surface area contributed by atoms with Gasteiger partial charge in [0.1, 0.15) is 11.9 Å². The number of nitrogens with two attached hydrogens (primary N) is 1. The van der Waals surface area contributed by atoms with Crippen LogP contribution < -0.4 is 10.5 Å². The Morgan fingerprint density at radius 3 is 2.80 bits per heavy atom. The summed E-state index contributed by atoms with van der Waals surface area (Å²) in [7, 11) is -4.02. The number of hydrogen-bond acceptors (Lipinski definition) is 4. The normalized spacial score (nSPS) is 17.0. The Morgan fingerprint density at radius 1 is 1.28 bits per heavy atom. The van der Waals surface area contributed by atoms with Crippen LogP contribution >= 0.6 is 0 Å². The number of amides is 1. The minimum Gasteiger partial charge on any atom is -0.371 e. The van der Waals surface area contributed by atoms with Gasteiger partial charge in [0.05, 0.1) is 17.1 Å². The molecule has 25 heavy (non-hydrogen) atoms. The number of ether oxygens (including phenoxy) is 1. The number of hydrogen-bond donors (Lipinski definition) is 2. The fraction of sp³-hybridized carbons (Fsp3) is 0.235. The molecule has 3 N–H and O–H groups in total. The zero-order valence-electron chi connectivity index (χ0n) is 13.2. The van der Waals surface area contributed by atoms with Gasteiger partial charge < -0.3 is 10.1 Å². The number of nitrogens with one attached hydrogen (secondary N) is 1. The van der Waals surface area contributed by atoms with E-state index in [1.807, 2.05) is 24.3 Å². The van der Waals surface area contributed by atoms with E-state index in [0.717, 1.165) is 35.7 Å². The summed E-state index contributed by atoms with van der Waals surface area (Å²) in [5, 5.41) is 7.61. The number of rotatable bonds is 4. The van der Waals surface area contributed by atoms with Crippen molar-refractivity contribution in [2.45, 2.75) is 17.4 Å². The summed E-state index contributed by atoms with van der Waals surface area (Å²) in [6.07, 6.45) is 0.462. The van der Waals surface area contributed by atoms with Crippen LogP contribution in [0, 0.1) is 5.82 Å². The molecule has 0 aromatic heterocycles. The molecule has 1 heterocycles. The molecule has 1 aliphatic rings. The molecule has 0 radical (unpaired) electrons. The van der Waals surface area contributed by atoms with Gasteiger partial charge in [-0.15, -0.1) is 0 Å². The Balaban J connectivity index is 1.76. The molecule has 0 spiro atoms. The summed E-state index contributed by atoms with van der Waals surface area (Å²) in [6.45, 7) is 0.682. The highest BCUT2D eigenvalue weighted by Crippen LogP contribution is 2.26. The van der Waals surface area contributed by atoms with E-state index in [4.69, 9.17) is 9.88 Å². The van der Waals surface area contributed by atoms with Crippen LogP contribution in [-0.2, 0) is 21.2 Å². The second-order valence-electron chi connectivity index (χ2n) is 5.70. The summed E-state index contributed by atoms with van der Waals surface area (Å²) in [5.41, 5.74) is 1.75. The summed E-state index contributed by atoms with van der Waals surface area (Å²) in [4.78, 5) is 11.9. The van der Waals surface area contributed by atoms with Crippen LogP contribution in [0.3, 0.4) is 0 Å². The first-order valence-corrected chi connectivity index (χ1v) is 9.21. The van der Waals surface area contributed by atoms with Crippen molar-refractivity contribution >= 4 is 15.9 Å². The van der Waals surface area contributed by atoms with Crippen LogP contribution in [0.5, 0.6) is 0 Å². The van der Waals surface area contributed by atoms with Gasteiger partial charge in [-0.1, -0.05) is 24.3 Å². The van der Waals surface area contributed by atoms with Crippen molar-refractivity contribution < 1.29 is 22.3 Å². The minimum atomic E-state index is -4.02. The maximum Gasteiger partial charge on any atom is 0.254 e. The largest absolute Gasteiger partial charge is 0.371 e. The van der Waals surface area contributed by atoms with E-state index in [0.29, 0.717) is 6.61 Å². The molecule has 2 aromatic rings. The van der Waals surface area contributed by atoms with Crippen molar-refractivity contribution in [3.8, 4) is 0 Å². The smallest absolute Gasteiger partial charge is 0.254 e. The fourth-order valence-electron chi connectivity index (χ4n) is 2.78. The molecule has 1 amide bonds. The molecule has 3 rings (SSSR count). The third-order valence-corrected chi connectivity index (χ3v) is 4.96. The van der Waals surface area contributed by atoms with Crippen LogP contribution in [0.2, 0.25) is 0 Å². The number of carbonyl (C=O) groups excluding carboxylic acids is 1. The standard InChI is InChI=1S/C17H17FN2O4S/c18-15-6-5-12(25(19,22)23)9-14(15)17(21)20-10-16-13-4-2-1-3-11(13)7-8-24-16/h1-6,9,16H,7-8,10H2,(H,20,21)(H2,19,22,23). The van der Waals surface area contributed by atoms with Gasteiger partial charge in [0.25, 0.3) is 5.91 Å². The second-order valence-corrected chi connectivity index (χ2v) is 7.27. The number of halogens is 1. The van der Waals surface area contributed by atoms with E-state index in [1.54, 1.807) is 0 Å². The van der Waals surface area contributed by atoms with Crippen LogP contribution in [0.1, 0.15) is 27.6 Å². The number of sulfonamides is 1. The van der Waals surface area contributed by atoms with Crippen molar-refractivity contribution in [3.63, 3.8) is 0 Å². The number of primary sulfonamides is 1. The quantitative estimate of drug-likeness (QED) is 0.859. The fourth-order valence-corrected chi connectivity index (χ4v) is 3.32. The summed E-state index contributed by atoms with van der Waals surface area (Å²) >= 11 is 0. The maximum atomic E-state index is 13.9. The molecule has 1 aliphatic heterocycles. The molecule has 0 aliphatic carbocycles. The van der Waals surface area contributed by atoms with Crippen LogP contribution in [-0.4, -0.2) is 27.5 Å². The molecule has 0 bridgehead atoms. The number of carbonyl (C=O) groups is 1. The molecule has 1 unspecified atom stereocenters. The van der Waals surface area contributed by atoms with Gasteiger partial charge in [0, 0.05) is 6.54 Å². The topological polar surface area (TPSA) is 98.5 Å². The summed E-state index contributed by atoms with van der Waals surface area (Å²) in [6, 6.07) is 10.6. The Hall–Kier alpha value is -2.29. The summed E-state index contributed by atoms with van der Waals surface area (Å²) < 4.78 is 42.3. The van der Waals surface area contributed by atoms with E-state index < -0.39 is 21.7 Å². The van der Waals surface area contributed by atoms with Gasteiger partial charge in [0.2, 0.25) is 10.0 Å². The minimum absolute atomic E-state index is 0.148. The highest BCUT2D eigenvalue weighted by atomic mass is 32.2. The molecule has 132 valence electrons. The van der Waals surface area contributed by atoms with Gasteiger partial charge >= 0.3 is 0 Å². The number of fused-ring (bicyclic) bond motifs is 1. The van der Waals surface area contributed by atoms with Gasteiger partial charge in [-0.2, -0.15) is 0 Å². The maximum absolute atomic E-state index is 13.9. The number of benzene rings is 2. The average molecular weight is 364 g/mol. The molecule has 0 fully saturated rings. The van der Waals surface area contributed by atoms with E-state index in [9.17, 15) is 17.6 Å². The molecule has 2 aromatic carbocycles. The predicted molar refractivity (Wildman–Crippen MR) is 88.9 cm³/mol. The van der Waals surface area contributed by atoms with Crippen LogP contribution in [0.25, 0.3) is 0 Å². The highest BCUT2D eigenvalue weighted by Gasteiger charge is 2.22. The third-order valence-electron chi connectivity index (χ3n) is 4.05. The molecule has 0 saturated heterocycles. The highest BCUT2D eigenvalue weighted by molar-refractivity contribution is 7.89. The Kier molecular flexibility index (Phi) is 4.85. The molecular formula is C17H17FN2O4S. The van der Waals surface area contributed by atoms with E-state index >= 15 is 0 Å². The van der Waals surface area contributed by atoms with E-state index in [-0.39, 0.29) is 23.1 Å². The van der Waals surface area contributed by atoms with Gasteiger partial charge in [-0.05, 0) is 35.7 Å². The monoisotopic (exact) mass is 364 g/mol. The van der Waals surface area contributed by atoms with Crippen molar-refractivity contribution in [3.05, 3.63) is 65.0 Å². The lowest BCUT2D eigenvalue weighted by molar-refractivity contribution is 0.0411.